The molecule has 2 amide bonds. The SMILES string of the molecule is CC(C)C(=O)Nc1ccc2c(c1)C(=O)N(C)[C@H]1CC[C@@H](CC(=O)O)O[C@@H]1CO2. The lowest BCUT2D eigenvalue weighted by molar-refractivity contribution is -0.148. The molecule has 0 aliphatic carbocycles. The van der Waals surface area contributed by atoms with Crippen molar-refractivity contribution in [2.75, 3.05) is 19.0 Å². The van der Waals surface area contributed by atoms with Gasteiger partial charge in [0.25, 0.3) is 5.91 Å². The van der Waals surface area contributed by atoms with Gasteiger partial charge in [-0.05, 0) is 31.0 Å². The maximum Gasteiger partial charge on any atom is 0.305 e. The highest BCUT2D eigenvalue weighted by Gasteiger charge is 2.39. The molecule has 0 aromatic heterocycles. The molecule has 0 saturated carbocycles. The van der Waals surface area contributed by atoms with Crippen molar-refractivity contribution in [3.05, 3.63) is 23.8 Å². The van der Waals surface area contributed by atoms with Crippen LogP contribution in [0.1, 0.15) is 43.5 Å². The molecule has 28 heavy (non-hydrogen) atoms. The Hall–Kier alpha value is -2.61. The van der Waals surface area contributed by atoms with Gasteiger partial charge in [0.2, 0.25) is 5.91 Å². The molecular weight excluding hydrogens is 364 g/mol. The number of nitrogens with zero attached hydrogens (tertiary/aromatic N) is 1. The number of likely N-dealkylation sites (N-methyl/N-ethyl adjacent to an activating group) is 1. The number of rotatable bonds is 4. The van der Waals surface area contributed by atoms with Gasteiger partial charge in [-0.3, -0.25) is 14.4 Å². The summed E-state index contributed by atoms with van der Waals surface area (Å²) < 4.78 is 11.8. The lowest BCUT2D eigenvalue weighted by Crippen LogP contribution is -2.53. The Morgan fingerprint density at radius 2 is 2.07 bits per heavy atom. The van der Waals surface area contributed by atoms with Gasteiger partial charge in [0, 0.05) is 18.7 Å². The van der Waals surface area contributed by atoms with E-state index in [1.165, 1.54) is 0 Å². The van der Waals surface area contributed by atoms with Crippen LogP contribution in [0.4, 0.5) is 5.69 Å². The van der Waals surface area contributed by atoms with Gasteiger partial charge in [0.05, 0.1) is 24.1 Å². The van der Waals surface area contributed by atoms with Gasteiger partial charge in [-0.15, -0.1) is 0 Å². The van der Waals surface area contributed by atoms with Crippen LogP contribution >= 0.6 is 0 Å². The Morgan fingerprint density at radius 3 is 2.75 bits per heavy atom. The van der Waals surface area contributed by atoms with Crippen LogP contribution in [0, 0.1) is 5.92 Å². The van der Waals surface area contributed by atoms with Crippen molar-refractivity contribution in [2.45, 2.75) is 51.4 Å². The number of nitrogens with one attached hydrogen (secondary N) is 1. The van der Waals surface area contributed by atoms with Gasteiger partial charge in [-0.2, -0.15) is 0 Å². The summed E-state index contributed by atoms with van der Waals surface area (Å²) in [5.74, 6) is -0.998. The number of fused-ring (bicyclic) bond motifs is 2. The fourth-order valence-electron chi connectivity index (χ4n) is 3.59. The van der Waals surface area contributed by atoms with Gasteiger partial charge in [0.15, 0.2) is 0 Å². The number of carboxylic acid groups (broad SMARTS) is 1. The molecule has 0 spiro atoms. The third-order valence-corrected chi connectivity index (χ3v) is 5.21. The van der Waals surface area contributed by atoms with Crippen LogP contribution in [-0.2, 0) is 14.3 Å². The molecule has 1 aromatic carbocycles. The van der Waals surface area contributed by atoms with Crippen molar-refractivity contribution in [3.63, 3.8) is 0 Å². The molecule has 152 valence electrons. The van der Waals surface area contributed by atoms with Crippen molar-refractivity contribution < 1.29 is 29.0 Å². The minimum Gasteiger partial charge on any atom is -0.490 e. The number of ether oxygens (including phenoxy) is 2. The molecular formula is C20H26N2O6. The van der Waals surface area contributed by atoms with Crippen LogP contribution in [0.3, 0.4) is 0 Å². The third kappa shape index (κ3) is 4.27. The summed E-state index contributed by atoms with van der Waals surface area (Å²) in [6, 6.07) is 4.79. The molecule has 3 atom stereocenters. The Morgan fingerprint density at radius 1 is 1.32 bits per heavy atom. The predicted molar refractivity (Wildman–Crippen MR) is 101 cm³/mol. The first-order valence-corrected chi connectivity index (χ1v) is 9.48. The van der Waals surface area contributed by atoms with Gasteiger partial charge >= 0.3 is 5.97 Å². The summed E-state index contributed by atoms with van der Waals surface area (Å²) in [7, 11) is 1.72. The molecule has 0 radical (unpaired) electrons. The maximum absolute atomic E-state index is 13.1. The van der Waals surface area contributed by atoms with E-state index in [2.05, 4.69) is 5.32 Å². The number of aliphatic carboxylic acids is 1. The second-order valence-electron chi connectivity index (χ2n) is 7.62. The molecule has 2 aliphatic rings. The summed E-state index contributed by atoms with van der Waals surface area (Å²) >= 11 is 0. The quantitative estimate of drug-likeness (QED) is 0.816. The van der Waals surface area contributed by atoms with E-state index < -0.39 is 5.97 Å². The molecule has 1 saturated heterocycles. The highest BCUT2D eigenvalue weighted by molar-refractivity contribution is 6.00. The van der Waals surface area contributed by atoms with Crippen LogP contribution in [0.5, 0.6) is 5.75 Å². The first-order valence-electron chi connectivity index (χ1n) is 9.48. The summed E-state index contributed by atoms with van der Waals surface area (Å²) in [4.78, 5) is 37.6. The summed E-state index contributed by atoms with van der Waals surface area (Å²) in [5.41, 5.74) is 0.927. The minimum atomic E-state index is -0.902. The number of benzene rings is 1. The molecule has 2 aliphatic heterocycles. The Labute approximate surface area is 163 Å². The number of carbonyl (C=O) groups excluding carboxylic acids is 2. The summed E-state index contributed by atoms with van der Waals surface area (Å²) in [6.45, 7) is 3.82. The molecule has 1 aromatic rings. The van der Waals surface area contributed by atoms with E-state index in [-0.39, 0.29) is 49.0 Å². The smallest absolute Gasteiger partial charge is 0.305 e. The van der Waals surface area contributed by atoms with Crippen molar-refractivity contribution >= 4 is 23.5 Å². The van der Waals surface area contributed by atoms with Crippen LogP contribution in [0.2, 0.25) is 0 Å². The Bertz CT molecular complexity index is 778. The minimum absolute atomic E-state index is 0.0591. The molecule has 1 fully saturated rings. The number of carbonyl (C=O) groups is 3. The van der Waals surface area contributed by atoms with Crippen molar-refractivity contribution in [3.8, 4) is 5.75 Å². The topological polar surface area (TPSA) is 105 Å². The lowest BCUT2D eigenvalue weighted by atomic mass is 9.94. The van der Waals surface area contributed by atoms with E-state index in [0.29, 0.717) is 29.8 Å². The molecule has 2 N–H and O–H groups in total. The fourth-order valence-corrected chi connectivity index (χ4v) is 3.59. The van der Waals surface area contributed by atoms with E-state index in [0.717, 1.165) is 0 Å². The normalized spacial score (nSPS) is 24.5. The number of hydrogen-bond acceptors (Lipinski definition) is 5. The molecule has 0 bridgehead atoms. The standard InChI is InChI=1S/C20H26N2O6/c1-11(2)19(25)21-12-4-7-16-14(8-12)20(26)22(3)15-6-5-13(9-18(23)24)28-17(15)10-27-16/h4,7-8,11,13,15,17H,5-6,9-10H2,1-3H3,(H,21,25)(H,23,24)/t13-,15-,17+/m0/s1. The van der Waals surface area contributed by atoms with Crippen LogP contribution in [-0.4, -0.2) is 59.7 Å². The van der Waals surface area contributed by atoms with Crippen molar-refractivity contribution in [1.82, 2.24) is 4.90 Å². The van der Waals surface area contributed by atoms with Crippen LogP contribution in [0.15, 0.2) is 18.2 Å². The van der Waals surface area contributed by atoms with Crippen molar-refractivity contribution in [1.29, 1.82) is 0 Å². The predicted octanol–water partition coefficient (Wildman–Crippen LogP) is 2.14. The molecule has 0 unspecified atom stereocenters. The second kappa shape index (κ2) is 8.18. The van der Waals surface area contributed by atoms with Gasteiger partial charge in [-0.1, -0.05) is 13.8 Å². The first-order chi connectivity index (χ1) is 13.3. The highest BCUT2D eigenvalue weighted by atomic mass is 16.5. The largest absolute Gasteiger partial charge is 0.490 e. The fraction of sp³-hybridized carbons (Fsp3) is 0.550. The van der Waals surface area contributed by atoms with Crippen molar-refractivity contribution in [2.24, 2.45) is 5.92 Å². The van der Waals surface area contributed by atoms with Gasteiger partial charge < -0.3 is 24.8 Å². The zero-order valence-corrected chi connectivity index (χ0v) is 16.3. The van der Waals surface area contributed by atoms with E-state index in [4.69, 9.17) is 14.6 Å². The number of hydrogen-bond donors (Lipinski definition) is 2. The van der Waals surface area contributed by atoms with E-state index in [1.807, 2.05) is 0 Å². The Kier molecular flexibility index (Phi) is 5.88. The summed E-state index contributed by atoms with van der Waals surface area (Å²) in [5, 5.41) is 11.8. The summed E-state index contributed by atoms with van der Waals surface area (Å²) in [6.07, 6.45) is 0.394. The Balaban J connectivity index is 1.82. The average molecular weight is 390 g/mol. The van der Waals surface area contributed by atoms with Crippen LogP contribution < -0.4 is 10.1 Å². The van der Waals surface area contributed by atoms with E-state index in [9.17, 15) is 14.4 Å². The van der Waals surface area contributed by atoms with E-state index in [1.54, 1.807) is 44.0 Å². The first kappa shape index (κ1) is 20.1. The zero-order valence-electron chi connectivity index (χ0n) is 16.3. The molecule has 3 rings (SSSR count). The van der Waals surface area contributed by atoms with E-state index >= 15 is 0 Å². The zero-order chi connectivity index (χ0) is 20.4. The maximum atomic E-state index is 13.1. The number of anilines is 1. The number of amides is 2. The lowest BCUT2D eigenvalue weighted by Gasteiger charge is -2.42. The molecule has 2 heterocycles. The third-order valence-electron chi connectivity index (χ3n) is 5.21. The van der Waals surface area contributed by atoms with Crippen LogP contribution in [0.25, 0.3) is 0 Å². The highest BCUT2D eigenvalue weighted by Crippen LogP contribution is 2.32. The van der Waals surface area contributed by atoms with Gasteiger partial charge in [-0.25, -0.2) is 0 Å². The monoisotopic (exact) mass is 390 g/mol. The molecule has 8 nitrogen and oxygen atoms in total. The second-order valence-corrected chi connectivity index (χ2v) is 7.62. The molecule has 8 heteroatoms. The van der Waals surface area contributed by atoms with Gasteiger partial charge in [0.1, 0.15) is 18.5 Å². The average Bonchev–Trinajstić information content (AvgIpc) is 2.64. The number of carboxylic acids is 1.